The van der Waals surface area contributed by atoms with Crippen LogP contribution in [0.25, 0.3) is 6.08 Å². The Morgan fingerprint density at radius 3 is 2.90 bits per heavy atom. The summed E-state index contributed by atoms with van der Waals surface area (Å²) in [5.74, 6) is -0.584. The van der Waals surface area contributed by atoms with Gasteiger partial charge in [-0.3, -0.25) is 4.79 Å². The van der Waals surface area contributed by atoms with E-state index in [1.54, 1.807) is 37.5 Å². The Bertz CT molecular complexity index is 675. The van der Waals surface area contributed by atoms with E-state index in [2.05, 4.69) is 15.3 Å². The molecule has 0 aliphatic heterocycles. The van der Waals surface area contributed by atoms with Crippen LogP contribution in [0.1, 0.15) is 27.3 Å². The SMILES string of the molecule is Cc1c(C=CC(=O)O)cccc1C(=O)NCc1ncc[nH]1. The Morgan fingerprint density at radius 1 is 1.43 bits per heavy atom. The summed E-state index contributed by atoms with van der Waals surface area (Å²) < 4.78 is 0. The molecule has 1 aromatic carbocycles. The molecule has 0 aliphatic rings. The van der Waals surface area contributed by atoms with Crippen LogP contribution in [0.3, 0.4) is 0 Å². The maximum Gasteiger partial charge on any atom is 0.328 e. The molecule has 3 N–H and O–H groups in total. The summed E-state index contributed by atoms with van der Waals surface area (Å²) in [6, 6.07) is 5.18. The summed E-state index contributed by atoms with van der Waals surface area (Å²) in [5.41, 5.74) is 1.93. The fourth-order valence-corrected chi connectivity index (χ4v) is 1.89. The van der Waals surface area contributed by atoms with Gasteiger partial charge >= 0.3 is 5.97 Å². The molecule has 6 heteroatoms. The molecule has 0 radical (unpaired) electrons. The zero-order valence-electron chi connectivity index (χ0n) is 11.5. The first-order chi connectivity index (χ1) is 10.1. The minimum atomic E-state index is -1.03. The molecule has 1 amide bonds. The normalized spacial score (nSPS) is 10.7. The van der Waals surface area contributed by atoms with Crippen LogP contribution >= 0.6 is 0 Å². The highest BCUT2D eigenvalue weighted by atomic mass is 16.4. The number of benzene rings is 1. The molecule has 21 heavy (non-hydrogen) atoms. The van der Waals surface area contributed by atoms with Crippen molar-refractivity contribution in [1.29, 1.82) is 0 Å². The van der Waals surface area contributed by atoms with Crippen LogP contribution in [0.5, 0.6) is 0 Å². The van der Waals surface area contributed by atoms with E-state index in [4.69, 9.17) is 5.11 Å². The molecular weight excluding hydrogens is 270 g/mol. The van der Waals surface area contributed by atoms with E-state index >= 15 is 0 Å². The number of hydrogen-bond donors (Lipinski definition) is 3. The van der Waals surface area contributed by atoms with Gasteiger partial charge in [-0.25, -0.2) is 9.78 Å². The number of amides is 1. The first kappa shape index (κ1) is 14.5. The van der Waals surface area contributed by atoms with Crippen molar-refractivity contribution in [3.05, 3.63) is 59.2 Å². The number of carboxylic acids is 1. The van der Waals surface area contributed by atoms with Crippen molar-refractivity contribution in [3.63, 3.8) is 0 Å². The lowest BCUT2D eigenvalue weighted by Crippen LogP contribution is -2.24. The van der Waals surface area contributed by atoms with E-state index in [-0.39, 0.29) is 5.91 Å². The topological polar surface area (TPSA) is 95.1 Å². The Hall–Kier alpha value is -2.89. The molecule has 2 rings (SSSR count). The highest BCUT2D eigenvalue weighted by Gasteiger charge is 2.10. The Balaban J connectivity index is 2.13. The molecule has 0 atom stereocenters. The van der Waals surface area contributed by atoms with E-state index < -0.39 is 5.97 Å². The maximum atomic E-state index is 12.2. The van der Waals surface area contributed by atoms with E-state index in [1.807, 2.05) is 0 Å². The number of nitrogens with zero attached hydrogens (tertiary/aromatic N) is 1. The second-order valence-electron chi connectivity index (χ2n) is 4.41. The first-order valence-corrected chi connectivity index (χ1v) is 6.35. The minimum Gasteiger partial charge on any atom is -0.478 e. The molecule has 1 heterocycles. The standard InChI is InChI=1S/C15H15N3O3/c1-10-11(5-6-14(19)20)3-2-4-12(10)15(21)18-9-13-16-7-8-17-13/h2-8H,9H2,1H3,(H,16,17)(H,18,21)(H,19,20). The van der Waals surface area contributed by atoms with Crippen LogP contribution in [0.4, 0.5) is 0 Å². The lowest BCUT2D eigenvalue weighted by Gasteiger charge is -2.09. The molecule has 2 aromatic rings. The Morgan fingerprint density at radius 2 is 2.24 bits per heavy atom. The minimum absolute atomic E-state index is 0.227. The number of rotatable bonds is 5. The summed E-state index contributed by atoms with van der Waals surface area (Å²) in [5, 5.41) is 11.4. The molecule has 0 saturated carbocycles. The van der Waals surface area contributed by atoms with Gasteiger partial charge in [0.25, 0.3) is 5.91 Å². The average molecular weight is 285 g/mol. The van der Waals surface area contributed by atoms with Gasteiger partial charge in [0.15, 0.2) is 0 Å². The van der Waals surface area contributed by atoms with Crippen molar-refractivity contribution in [2.45, 2.75) is 13.5 Å². The second kappa shape index (κ2) is 6.51. The summed E-state index contributed by atoms with van der Waals surface area (Å²) in [7, 11) is 0. The van der Waals surface area contributed by atoms with E-state index in [9.17, 15) is 9.59 Å². The van der Waals surface area contributed by atoms with Crippen LogP contribution in [0, 0.1) is 6.92 Å². The number of hydrogen-bond acceptors (Lipinski definition) is 3. The van der Waals surface area contributed by atoms with Crippen LogP contribution in [-0.2, 0) is 11.3 Å². The molecule has 0 spiro atoms. The van der Waals surface area contributed by atoms with E-state index in [0.717, 1.165) is 11.6 Å². The maximum absolute atomic E-state index is 12.2. The third kappa shape index (κ3) is 3.79. The van der Waals surface area contributed by atoms with Gasteiger partial charge in [-0.2, -0.15) is 0 Å². The fourth-order valence-electron chi connectivity index (χ4n) is 1.89. The number of aromatic amines is 1. The third-order valence-electron chi connectivity index (χ3n) is 3.00. The lowest BCUT2D eigenvalue weighted by atomic mass is 10.0. The number of aliphatic carboxylic acids is 1. The molecule has 6 nitrogen and oxygen atoms in total. The van der Waals surface area contributed by atoms with Crippen molar-refractivity contribution in [3.8, 4) is 0 Å². The first-order valence-electron chi connectivity index (χ1n) is 6.35. The molecular formula is C15H15N3O3. The average Bonchev–Trinajstić information content (AvgIpc) is 2.97. The van der Waals surface area contributed by atoms with Crippen molar-refractivity contribution in [2.24, 2.45) is 0 Å². The highest BCUT2D eigenvalue weighted by Crippen LogP contribution is 2.15. The fraction of sp³-hybridized carbons (Fsp3) is 0.133. The summed E-state index contributed by atoms with van der Waals surface area (Å²) >= 11 is 0. The van der Waals surface area contributed by atoms with Gasteiger partial charge < -0.3 is 15.4 Å². The van der Waals surface area contributed by atoms with Crippen molar-refractivity contribution in [2.75, 3.05) is 0 Å². The van der Waals surface area contributed by atoms with Crippen LogP contribution in [-0.4, -0.2) is 27.0 Å². The number of carbonyl (C=O) groups is 2. The molecule has 0 bridgehead atoms. The molecule has 108 valence electrons. The van der Waals surface area contributed by atoms with Gasteiger partial charge in [0.05, 0.1) is 6.54 Å². The molecule has 0 unspecified atom stereocenters. The number of imidazole rings is 1. The predicted molar refractivity (Wildman–Crippen MR) is 77.6 cm³/mol. The third-order valence-corrected chi connectivity index (χ3v) is 3.00. The van der Waals surface area contributed by atoms with Crippen molar-refractivity contribution >= 4 is 18.0 Å². The molecule has 0 aliphatic carbocycles. The molecule has 1 aromatic heterocycles. The largest absolute Gasteiger partial charge is 0.478 e. The Labute approximate surface area is 121 Å². The number of nitrogens with one attached hydrogen (secondary N) is 2. The van der Waals surface area contributed by atoms with Crippen LogP contribution in [0.15, 0.2) is 36.7 Å². The van der Waals surface area contributed by atoms with Gasteiger partial charge in [0, 0.05) is 24.0 Å². The van der Waals surface area contributed by atoms with Crippen molar-refractivity contribution in [1.82, 2.24) is 15.3 Å². The smallest absolute Gasteiger partial charge is 0.328 e. The summed E-state index contributed by atoms with van der Waals surface area (Å²) in [6.07, 6.45) is 5.82. The number of H-pyrrole nitrogens is 1. The number of carbonyl (C=O) groups excluding carboxylic acids is 1. The van der Waals surface area contributed by atoms with Gasteiger partial charge in [-0.15, -0.1) is 0 Å². The lowest BCUT2D eigenvalue weighted by molar-refractivity contribution is -0.131. The van der Waals surface area contributed by atoms with Gasteiger partial charge in [0.2, 0.25) is 0 Å². The van der Waals surface area contributed by atoms with Gasteiger partial charge in [0.1, 0.15) is 5.82 Å². The highest BCUT2D eigenvalue weighted by molar-refractivity contribution is 5.96. The number of aromatic nitrogens is 2. The zero-order valence-corrected chi connectivity index (χ0v) is 11.5. The monoisotopic (exact) mass is 285 g/mol. The number of carboxylic acid groups (broad SMARTS) is 1. The van der Waals surface area contributed by atoms with E-state index in [1.165, 1.54) is 6.08 Å². The quantitative estimate of drug-likeness (QED) is 0.729. The Kier molecular flexibility index (Phi) is 4.50. The molecule has 0 fully saturated rings. The van der Waals surface area contributed by atoms with Crippen molar-refractivity contribution < 1.29 is 14.7 Å². The predicted octanol–water partition coefficient (Wildman–Crippen LogP) is 1.75. The molecule has 0 saturated heterocycles. The van der Waals surface area contributed by atoms with Gasteiger partial charge in [-0.1, -0.05) is 12.1 Å². The summed E-state index contributed by atoms with van der Waals surface area (Å²) in [6.45, 7) is 2.09. The van der Waals surface area contributed by atoms with Crippen LogP contribution < -0.4 is 5.32 Å². The summed E-state index contributed by atoms with van der Waals surface area (Å²) in [4.78, 5) is 29.6. The van der Waals surface area contributed by atoms with E-state index in [0.29, 0.717) is 23.5 Å². The van der Waals surface area contributed by atoms with Crippen LogP contribution in [0.2, 0.25) is 0 Å². The van der Waals surface area contributed by atoms with Gasteiger partial charge in [-0.05, 0) is 30.2 Å². The zero-order chi connectivity index (χ0) is 15.2. The second-order valence-corrected chi connectivity index (χ2v) is 4.41.